The van der Waals surface area contributed by atoms with Crippen LogP contribution in [-0.2, 0) is 4.79 Å². The van der Waals surface area contributed by atoms with Gasteiger partial charge in [0.25, 0.3) is 0 Å². The van der Waals surface area contributed by atoms with Gasteiger partial charge in [-0.3, -0.25) is 4.79 Å². The number of benzene rings is 1. The molecule has 3 N–H and O–H groups in total. The highest BCUT2D eigenvalue weighted by Gasteiger charge is 2.16. The molecule has 0 fully saturated rings. The van der Waals surface area contributed by atoms with Crippen molar-refractivity contribution in [3.63, 3.8) is 0 Å². The van der Waals surface area contributed by atoms with E-state index in [1.54, 1.807) is 25.3 Å². The minimum absolute atomic E-state index is 0.0330. The van der Waals surface area contributed by atoms with Crippen LogP contribution in [0.3, 0.4) is 0 Å². The first-order chi connectivity index (χ1) is 7.81. The van der Waals surface area contributed by atoms with Crippen molar-refractivity contribution < 1.29 is 9.53 Å². The molecule has 0 saturated heterocycles. The number of carbonyl (C=O) groups is 1. The van der Waals surface area contributed by atoms with Gasteiger partial charge in [-0.15, -0.1) is 0 Å². The first-order valence-electron chi connectivity index (χ1n) is 5.55. The third-order valence-corrected chi connectivity index (χ3v) is 2.22. The maximum atomic E-state index is 11.7. The molecule has 1 rings (SSSR count). The molecule has 0 aliphatic carbocycles. The second-order valence-corrected chi connectivity index (χ2v) is 5.24. The highest BCUT2D eigenvalue weighted by atomic mass is 16.5. The molecule has 0 radical (unpaired) electrons. The second kappa shape index (κ2) is 5.08. The Morgan fingerprint density at radius 2 is 2.06 bits per heavy atom. The molecule has 0 aromatic heterocycles. The zero-order valence-electron chi connectivity index (χ0n) is 10.8. The first-order valence-corrected chi connectivity index (χ1v) is 5.55. The molecule has 1 amide bonds. The van der Waals surface area contributed by atoms with Gasteiger partial charge in [-0.2, -0.15) is 0 Å². The lowest BCUT2D eigenvalue weighted by molar-refractivity contribution is -0.117. The van der Waals surface area contributed by atoms with E-state index in [2.05, 4.69) is 5.32 Å². The van der Waals surface area contributed by atoms with Gasteiger partial charge in [0.05, 0.1) is 18.5 Å². The van der Waals surface area contributed by atoms with Gasteiger partial charge in [0, 0.05) is 12.5 Å². The zero-order valence-corrected chi connectivity index (χ0v) is 10.8. The number of nitrogens with two attached hydrogens (primary N) is 1. The molecule has 0 unspecified atom stereocenters. The van der Waals surface area contributed by atoms with Gasteiger partial charge < -0.3 is 15.8 Å². The molecule has 0 atom stereocenters. The van der Waals surface area contributed by atoms with Crippen LogP contribution >= 0.6 is 0 Å². The van der Waals surface area contributed by atoms with Crippen molar-refractivity contribution in [1.29, 1.82) is 0 Å². The number of ether oxygens (including phenoxy) is 1. The molecular formula is C13H20N2O2. The Morgan fingerprint density at radius 1 is 1.41 bits per heavy atom. The maximum absolute atomic E-state index is 11.7. The largest absolute Gasteiger partial charge is 0.497 e. The van der Waals surface area contributed by atoms with Gasteiger partial charge in [0.15, 0.2) is 0 Å². The monoisotopic (exact) mass is 236 g/mol. The van der Waals surface area contributed by atoms with Crippen molar-refractivity contribution in [1.82, 2.24) is 0 Å². The summed E-state index contributed by atoms with van der Waals surface area (Å²) in [6.07, 6.45) is 0.457. The molecule has 4 heteroatoms. The molecular weight excluding hydrogens is 216 g/mol. The summed E-state index contributed by atoms with van der Waals surface area (Å²) >= 11 is 0. The molecule has 1 aromatic rings. The fraction of sp³-hybridized carbons (Fsp3) is 0.462. The van der Waals surface area contributed by atoms with Crippen molar-refractivity contribution in [2.75, 3.05) is 18.2 Å². The van der Waals surface area contributed by atoms with Crippen LogP contribution in [0.2, 0.25) is 0 Å². The van der Waals surface area contributed by atoms with Gasteiger partial charge in [0.1, 0.15) is 5.75 Å². The zero-order chi connectivity index (χ0) is 13.1. The summed E-state index contributed by atoms with van der Waals surface area (Å²) in [5.74, 6) is 0.644. The number of hydrogen-bond donors (Lipinski definition) is 2. The number of nitrogen functional groups attached to an aromatic ring is 1. The Bertz CT molecular complexity index is 408. The van der Waals surface area contributed by atoms with Gasteiger partial charge in [-0.05, 0) is 17.5 Å². The van der Waals surface area contributed by atoms with Gasteiger partial charge in [-0.1, -0.05) is 20.8 Å². The summed E-state index contributed by atoms with van der Waals surface area (Å²) < 4.78 is 5.04. The lowest BCUT2D eigenvalue weighted by Gasteiger charge is -2.18. The van der Waals surface area contributed by atoms with E-state index in [0.29, 0.717) is 23.5 Å². The van der Waals surface area contributed by atoms with Crippen molar-refractivity contribution >= 4 is 17.3 Å². The Kier molecular flexibility index (Phi) is 3.99. The summed E-state index contributed by atoms with van der Waals surface area (Å²) in [5, 5.41) is 2.80. The summed E-state index contributed by atoms with van der Waals surface area (Å²) in [4.78, 5) is 11.7. The predicted molar refractivity (Wildman–Crippen MR) is 70.1 cm³/mol. The molecule has 0 heterocycles. The van der Waals surface area contributed by atoms with Crippen LogP contribution in [0.1, 0.15) is 27.2 Å². The number of methoxy groups -OCH3 is 1. The van der Waals surface area contributed by atoms with Gasteiger partial charge in [-0.25, -0.2) is 0 Å². The number of hydrogen-bond acceptors (Lipinski definition) is 3. The van der Waals surface area contributed by atoms with E-state index < -0.39 is 0 Å². The Balaban J connectivity index is 2.72. The standard InChI is InChI=1S/C13H20N2O2/c1-13(2,3)8-12(16)15-11-6-5-9(17-4)7-10(11)14/h5-7H,8,14H2,1-4H3,(H,15,16). The van der Waals surface area contributed by atoms with Crippen LogP contribution in [0.5, 0.6) is 5.75 Å². The average molecular weight is 236 g/mol. The van der Waals surface area contributed by atoms with Crippen LogP contribution in [0.4, 0.5) is 11.4 Å². The predicted octanol–water partition coefficient (Wildman–Crippen LogP) is 2.65. The van der Waals surface area contributed by atoms with Crippen molar-refractivity contribution in [3.8, 4) is 5.75 Å². The fourth-order valence-electron chi connectivity index (χ4n) is 1.46. The number of amides is 1. The number of anilines is 2. The number of carbonyl (C=O) groups excluding carboxylic acids is 1. The van der Waals surface area contributed by atoms with E-state index in [4.69, 9.17) is 10.5 Å². The number of nitrogens with one attached hydrogen (secondary N) is 1. The van der Waals surface area contributed by atoms with E-state index in [0.717, 1.165) is 0 Å². The SMILES string of the molecule is COc1ccc(NC(=O)CC(C)(C)C)c(N)c1. The summed E-state index contributed by atoms with van der Waals surface area (Å²) in [5.41, 5.74) is 6.91. The Hall–Kier alpha value is -1.71. The average Bonchev–Trinajstić information content (AvgIpc) is 2.18. The summed E-state index contributed by atoms with van der Waals surface area (Å²) in [6, 6.07) is 5.20. The van der Waals surface area contributed by atoms with E-state index in [1.165, 1.54) is 0 Å². The summed E-state index contributed by atoms with van der Waals surface area (Å²) in [6.45, 7) is 6.05. The molecule has 0 saturated carbocycles. The highest BCUT2D eigenvalue weighted by molar-refractivity contribution is 5.94. The van der Waals surface area contributed by atoms with Crippen LogP contribution in [-0.4, -0.2) is 13.0 Å². The molecule has 0 aliphatic heterocycles. The van der Waals surface area contributed by atoms with Crippen molar-refractivity contribution in [2.24, 2.45) is 5.41 Å². The maximum Gasteiger partial charge on any atom is 0.224 e. The molecule has 0 aliphatic rings. The lowest BCUT2D eigenvalue weighted by atomic mass is 9.92. The molecule has 0 bridgehead atoms. The Labute approximate surface area is 102 Å². The topological polar surface area (TPSA) is 64.3 Å². The van der Waals surface area contributed by atoms with E-state index in [9.17, 15) is 4.79 Å². The number of rotatable bonds is 3. The molecule has 4 nitrogen and oxygen atoms in total. The quantitative estimate of drug-likeness (QED) is 0.793. The third kappa shape index (κ3) is 4.34. The molecule has 1 aromatic carbocycles. The van der Waals surface area contributed by atoms with E-state index in [-0.39, 0.29) is 11.3 Å². The molecule has 94 valence electrons. The normalized spacial score (nSPS) is 11.1. The van der Waals surface area contributed by atoms with Gasteiger partial charge >= 0.3 is 0 Å². The van der Waals surface area contributed by atoms with E-state index >= 15 is 0 Å². The molecule has 17 heavy (non-hydrogen) atoms. The fourth-order valence-corrected chi connectivity index (χ4v) is 1.46. The first kappa shape index (κ1) is 13.4. The summed E-state index contributed by atoms with van der Waals surface area (Å²) in [7, 11) is 1.58. The highest BCUT2D eigenvalue weighted by Crippen LogP contribution is 2.25. The molecule has 0 spiro atoms. The van der Waals surface area contributed by atoms with E-state index in [1.807, 2.05) is 20.8 Å². The van der Waals surface area contributed by atoms with Crippen molar-refractivity contribution in [3.05, 3.63) is 18.2 Å². The van der Waals surface area contributed by atoms with Crippen LogP contribution in [0.15, 0.2) is 18.2 Å². The minimum atomic E-state index is -0.0364. The second-order valence-electron chi connectivity index (χ2n) is 5.24. The van der Waals surface area contributed by atoms with Crippen molar-refractivity contribution in [2.45, 2.75) is 27.2 Å². The minimum Gasteiger partial charge on any atom is -0.497 e. The van der Waals surface area contributed by atoms with Gasteiger partial charge in [0.2, 0.25) is 5.91 Å². The van der Waals surface area contributed by atoms with Crippen LogP contribution < -0.4 is 15.8 Å². The Morgan fingerprint density at radius 3 is 2.53 bits per heavy atom. The third-order valence-electron chi connectivity index (χ3n) is 2.22. The smallest absolute Gasteiger partial charge is 0.224 e. The van der Waals surface area contributed by atoms with Crippen LogP contribution in [0.25, 0.3) is 0 Å². The van der Waals surface area contributed by atoms with Crippen LogP contribution in [0, 0.1) is 5.41 Å². The lowest BCUT2D eigenvalue weighted by Crippen LogP contribution is -2.20.